The highest BCUT2D eigenvalue weighted by atomic mass is 35.5. The summed E-state index contributed by atoms with van der Waals surface area (Å²) in [5.41, 5.74) is 1.93. The van der Waals surface area contributed by atoms with Crippen molar-refractivity contribution < 1.29 is 5.03 Å². The topological polar surface area (TPSA) is 55.2 Å². The van der Waals surface area contributed by atoms with Gasteiger partial charge in [-0.1, -0.05) is 0 Å². The monoisotopic (exact) mass is 172 g/mol. The third-order valence-corrected chi connectivity index (χ3v) is 1.04. The van der Waals surface area contributed by atoms with E-state index in [2.05, 4.69) is 0 Å². The van der Waals surface area contributed by atoms with E-state index in [0.717, 1.165) is 0 Å². The van der Waals surface area contributed by atoms with Gasteiger partial charge in [-0.15, -0.1) is 28.6 Å². The summed E-state index contributed by atoms with van der Waals surface area (Å²) >= 11 is 10.5. The molecule has 0 saturated carbocycles. The van der Waals surface area contributed by atoms with Crippen LogP contribution in [0.15, 0.2) is 0 Å². The molecule has 0 rings (SSSR count). The van der Waals surface area contributed by atoms with Gasteiger partial charge in [0.15, 0.2) is 5.03 Å². The maximum Gasteiger partial charge on any atom is 0.157 e. The molecule has 6 heteroatoms. The molecule has 54 valence electrons. The van der Waals surface area contributed by atoms with Crippen LogP contribution in [0.4, 0.5) is 0 Å². The molecule has 0 bridgehead atoms. The van der Waals surface area contributed by atoms with Crippen LogP contribution in [0.3, 0.4) is 0 Å². The summed E-state index contributed by atoms with van der Waals surface area (Å²) in [6.07, 6.45) is 0.379. The minimum Gasteiger partial charge on any atom is -0.235 e. The zero-order valence-electron chi connectivity index (χ0n) is 4.51. The van der Waals surface area contributed by atoms with Crippen LogP contribution in [0.5, 0.6) is 0 Å². The lowest BCUT2D eigenvalue weighted by Gasteiger charge is -1.96. The molecule has 0 aliphatic heterocycles. The smallest absolute Gasteiger partial charge is 0.157 e. The predicted octanol–water partition coefficient (Wildman–Crippen LogP) is 0.962. The van der Waals surface area contributed by atoms with E-state index in [9.17, 15) is 10.1 Å². The van der Waals surface area contributed by atoms with Crippen molar-refractivity contribution in [3.05, 3.63) is 10.1 Å². The molecule has 0 saturated heterocycles. The molecule has 0 unspecified atom stereocenters. The third-order valence-electron chi connectivity index (χ3n) is 0.603. The van der Waals surface area contributed by atoms with Gasteiger partial charge in [0.2, 0.25) is 0 Å². The SMILES string of the molecule is O=[N+]([O-])NCCC(Cl)Cl. The highest BCUT2D eigenvalue weighted by molar-refractivity contribution is 6.44. The van der Waals surface area contributed by atoms with E-state index in [1.54, 1.807) is 0 Å². The molecule has 0 aromatic rings. The van der Waals surface area contributed by atoms with Crippen molar-refractivity contribution in [2.24, 2.45) is 0 Å². The first-order valence-corrected chi connectivity index (χ1v) is 3.16. The standard InChI is InChI=1S/C3H6Cl2N2O2/c4-3(5)1-2-6-7(8)9/h3,6H,1-2H2. The first-order chi connectivity index (χ1) is 4.13. The molecule has 0 aliphatic carbocycles. The molecule has 4 nitrogen and oxygen atoms in total. The fraction of sp³-hybridized carbons (Fsp3) is 1.00. The second kappa shape index (κ2) is 4.64. The Kier molecular flexibility index (Phi) is 4.53. The van der Waals surface area contributed by atoms with Crippen LogP contribution in [-0.2, 0) is 0 Å². The third kappa shape index (κ3) is 7.78. The van der Waals surface area contributed by atoms with Gasteiger partial charge in [-0.3, -0.25) is 0 Å². The molecule has 0 spiro atoms. The molecule has 0 fully saturated rings. The molecule has 0 aliphatic rings. The summed E-state index contributed by atoms with van der Waals surface area (Å²) in [6, 6.07) is 0. The molecule has 0 heterocycles. The normalized spacial score (nSPS) is 9.67. The van der Waals surface area contributed by atoms with Gasteiger partial charge in [0.05, 0.1) is 6.54 Å². The highest BCUT2D eigenvalue weighted by Gasteiger charge is 1.99. The van der Waals surface area contributed by atoms with Crippen LogP contribution >= 0.6 is 23.2 Å². The van der Waals surface area contributed by atoms with E-state index < -0.39 is 9.87 Å². The number of hydrazine groups is 1. The number of rotatable bonds is 4. The lowest BCUT2D eigenvalue weighted by Crippen LogP contribution is -2.23. The Balaban J connectivity index is 3.01. The van der Waals surface area contributed by atoms with Gasteiger partial charge in [-0.2, -0.15) is 0 Å². The Labute approximate surface area is 62.2 Å². The van der Waals surface area contributed by atoms with E-state index in [1.807, 2.05) is 5.43 Å². The van der Waals surface area contributed by atoms with E-state index in [0.29, 0.717) is 6.42 Å². The molecule has 0 radical (unpaired) electrons. The molecule has 0 amide bonds. The van der Waals surface area contributed by atoms with Crippen molar-refractivity contribution >= 4 is 23.2 Å². The molecular weight excluding hydrogens is 167 g/mol. The Morgan fingerprint density at radius 1 is 1.67 bits per heavy atom. The van der Waals surface area contributed by atoms with E-state index in [4.69, 9.17) is 23.2 Å². The Bertz CT molecular complexity index is 97.8. The number of nitrogens with zero attached hydrogens (tertiary/aromatic N) is 1. The van der Waals surface area contributed by atoms with Gasteiger partial charge in [-0.05, 0) is 0 Å². The van der Waals surface area contributed by atoms with Gasteiger partial charge in [0.1, 0.15) is 4.84 Å². The van der Waals surface area contributed by atoms with Gasteiger partial charge < -0.3 is 0 Å². The fourth-order valence-electron chi connectivity index (χ4n) is 0.265. The first-order valence-electron chi connectivity index (χ1n) is 2.29. The largest absolute Gasteiger partial charge is 0.235 e. The van der Waals surface area contributed by atoms with Crippen molar-refractivity contribution in [3.63, 3.8) is 0 Å². The van der Waals surface area contributed by atoms with Crippen LogP contribution < -0.4 is 5.43 Å². The number of hydrogen-bond donors (Lipinski definition) is 1. The van der Waals surface area contributed by atoms with Gasteiger partial charge in [0.25, 0.3) is 0 Å². The Morgan fingerprint density at radius 2 is 2.22 bits per heavy atom. The van der Waals surface area contributed by atoms with Crippen LogP contribution in [0.2, 0.25) is 0 Å². The van der Waals surface area contributed by atoms with Crippen molar-refractivity contribution in [2.45, 2.75) is 11.3 Å². The van der Waals surface area contributed by atoms with Crippen molar-refractivity contribution in [1.82, 2.24) is 5.43 Å². The van der Waals surface area contributed by atoms with Crippen molar-refractivity contribution in [3.8, 4) is 0 Å². The maximum atomic E-state index is 9.59. The van der Waals surface area contributed by atoms with Crippen LogP contribution in [0, 0.1) is 10.1 Å². The van der Waals surface area contributed by atoms with Gasteiger partial charge >= 0.3 is 0 Å². The highest BCUT2D eigenvalue weighted by Crippen LogP contribution is 2.04. The van der Waals surface area contributed by atoms with Crippen LogP contribution in [0.25, 0.3) is 0 Å². The quantitative estimate of drug-likeness (QED) is 0.391. The first kappa shape index (κ1) is 8.78. The molecule has 9 heavy (non-hydrogen) atoms. The van der Waals surface area contributed by atoms with E-state index in [-0.39, 0.29) is 6.54 Å². The average molecular weight is 173 g/mol. The molecule has 0 aromatic heterocycles. The van der Waals surface area contributed by atoms with Crippen molar-refractivity contribution in [1.29, 1.82) is 0 Å². The Morgan fingerprint density at radius 3 is 2.56 bits per heavy atom. The van der Waals surface area contributed by atoms with Crippen LogP contribution in [-0.4, -0.2) is 16.4 Å². The maximum absolute atomic E-state index is 9.59. The minimum absolute atomic E-state index is 0.199. The number of hydrogen-bond acceptors (Lipinski definition) is 2. The summed E-state index contributed by atoms with van der Waals surface area (Å²) in [6.45, 7) is 0.199. The lowest BCUT2D eigenvalue weighted by atomic mass is 10.5. The Hall–Kier alpha value is -0.220. The number of halogens is 2. The zero-order chi connectivity index (χ0) is 7.28. The fourth-order valence-corrected chi connectivity index (χ4v) is 0.483. The molecule has 0 aromatic carbocycles. The van der Waals surface area contributed by atoms with Crippen molar-refractivity contribution in [2.75, 3.05) is 6.54 Å². The number of nitro groups is 1. The summed E-state index contributed by atoms with van der Waals surface area (Å²) in [5.74, 6) is 0. The zero-order valence-corrected chi connectivity index (χ0v) is 6.02. The summed E-state index contributed by atoms with van der Waals surface area (Å²) in [5, 5.41) is 8.96. The van der Waals surface area contributed by atoms with E-state index >= 15 is 0 Å². The summed E-state index contributed by atoms with van der Waals surface area (Å²) < 4.78 is 0. The summed E-state index contributed by atoms with van der Waals surface area (Å²) in [7, 11) is 0. The molecular formula is C3H6Cl2N2O2. The van der Waals surface area contributed by atoms with Crippen LogP contribution in [0.1, 0.15) is 6.42 Å². The van der Waals surface area contributed by atoms with Gasteiger partial charge in [0, 0.05) is 6.42 Å². The minimum atomic E-state index is -0.629. The number of alkyl halides is 2. The van der Waals surface area contributed by atoms with Gasteiger partial charge in [-0.25, -0.2) is 10.1 Å². The summed E-state index contributed by atoms with van der Waals surface area (Å²) in [4.78, 5) is 9.06. The van der Waals surface area contributed by atoms with E-state index in [1.165, 1.54) is 0 Å². The predicted molar refractivity (Wildman–Crippen MR) is 35.1 cm³/mol. The molecule has 0 atom stereocenters. The second-order valence-corrected chi connectivity index (χ2v) is 2.62. The number of nitrogens with one attached hydrogen (secondary N) is 1. The average Bonchev–Trinajstić information content (AvgIpc) is 1.63. The lowest BCUT2D eigenvalue weighted by molar-refractivity contribution is -0.544. The second-order valence-electron chi connectivity index (χ2n) is 1.34. The molecule has 1 N–H and O–H groups in total.